The lowest BCUT2D eigenvalue weighted by atomic mass is 9.98. The van der Waals surface area contributed by atoms with Gasteiger partial charge in [0.05, 0.1) is 5.56 Å². The first kappa shape index (κ1) is 27.1. The first-order chi connectivity index (χ1) is 24.7. The smallest absolute Gasteiger partial charge is 0.227 e. The van der Waals surface area contributed by atoms with E-state index in [-0.39, 0.29) is 0 Å². The van der Waals surface area contributed by atoms with Gasteiger partial charge in [0.15, 0.2) is 23.1 Å². The fraction of sp³-hybridized carbons (Fsp3) is 0. The van der Waals surface area contributed by atoms with E-state index in [0.717, 1.165) is 82.0 Å². The van der Waals surface area contributed by atoms with Crippen LogP contribution < -0.4 is 0 Å². The van der Waals surface area contributed by atoms with Gasteiger partial charge in [0.25, 0.3) is 0 Å². The van der Waals surface area contributed by atoms with Crippen LogP contribution in [0.1, 0.15) is 0 Å². The molecule has 232 valence electrons. The number of oxazole rings is 1. The second kappa shape index (κ2) is 10.3. The number of nitrogens with zero attached hydrogens (tertiary/aromatic N) is 4. The summed E-state index contributed by atoms with van der Waals surface area (Å²) >= 11 is 0. The molecular weight excluding hydrogens is 617 g/mol. The van der Waals surface area contributed by atoms with Crippen molar-refractivity contribution in [2.45, 2.75) is 0 Å². The highest BCUT2D eigenvalue weighted by Crippen LogP contribution is 2.46. The average Bonchev–Trinajstić information content (AvgIpc) is 3.81. The van der Waals surface area contributed by atoms with Gasteiger partial charge in [0.1, 0.15) is 16.7 Å². The Balaban J connectivity index is 1.18. The van der Waals surface area contributed by atoms with Gasteiger partial charge in [-0.15, -0.1) is 0 Å². The summed E-state index contributed by atoms with van der Waals surface area (Å²) in [7, 11) is 0. The Kier molecular flexibility index (Phi) is 5.57. The molecule has 0 aliphatic heterocycles. The lowest BCUT2D eigenvalue weighted by Gasteiger charge is -2.10. The Hall–Kier alpha value is -6.92. The zero-order valence-corrected chi connectivity index (χ0v) is 26.5. The van der Waals surface area contributed by atoms with Crippen LogP contribution in [0.3, 0.4) is 0 Å². The first-order valence-corrected chi connectivity index (χ1v) is 16.6. The fourth-order valence-corrected chi connectivity index (χ4v) is 7.28. The maximum absolute atomic E-state index is 6.69. The molecule has 0 atom stereocenters. The maximum atomic E-state index is 6.69. The third-order valence-electron chi connectivity index (χ3n) is 9.69. The summed E-state index contributed by atoms with van der Waals surface area (Å²) in [5, 5.41) is 8.46. The van der Waals surface area contributed by atoms with Crippen LogP contribution in [0.5, 0.6) is 0 Å². The molecule has 0 N–H and O–H groups in total. The predicted molar refractivity (Wildman–Crippen MR) is 200 cm³/mol. The van der Waals surface area contributed by atoms with Gasteiger partial charge in [-0.1, -0.05) is 109 Å². The van der Waals surface area contributed by atoms with Crippen molar-refractivity contribution in [1.82, 2.24) is 19.9 Å². The van der Waals surface area contributed by atoms with Crippen LogP contribution in [0.15, 0.2) is 154 Å². The molecule has 11 aromatic rings. The van der Waals surface area contributed by atoms with Crippen LogP contribution >= 0.6 is 0 Å². The van der Waals surface area contributed by atoms with E-state index in [1.54, 1.807) is 0 Å². The highest BCUT2D eigenvalue weighted by atomic mass is 16.3. The molecule has 0 unspecified atom stereocenters. The lowest BCUT2D eigenvalue weighted by molar-refractivity contribution is 0.623. The number of rotatable bonds is 4. The molecular formula is C44H24N4O2. The minimum Gasteiger partial charge on any atom is -0.455 e. The molecule has 50 heavy (non-hydrogen) atoms. The van der Waals surface area contributed by atoms with E-state index >= 15 is 0 Å². The monoisotopic (exact) mass is 640 g/mol. The molecule has 0 spiro atoms. The van der Waals surface area contributed by atoms with Gasteiger partial charge < -0.3 is 8.83 Å². The quantitative estimate of drug-likeness (QED) is 0.178. The van der Waals surface area contributed by atoms with E-state index in [0.29, 0.717) is 28.9 Å². The Labute approximate surface area is 284 Å². The van der Waals surface area contributed by atoms with Gasteiger partial charge in [0.2, 0.25) is 5.89 Å². The summed E-state index contributed by atoms with van der Waals surface area (Å²) in [6.45, 7) is 0. The van der Waals surface area contributed by atoms with Gasteiger partial charge in [-0.25, -0.2) is 19.9 Å². The standard InChI is InChI=1S/C44H24N4O2/c1-2-11-27(12-3-1)44-45-38-32-21-22-34(39-37(32)36-33(40(38)50-44)15-8-16-35(36)49-39)43-47-41(30-19-17-25-9-4-6-13-28(25)23-30)46-42(48-43)31-20-18-26-10-5-7-14-29(26)24-31/h1-24H. The molecule has 0 saturated carbocycles. The number of aromatic nitrogens is 4. The molecule has 3 aromatic heterocycles. The SMILES string of the molecule is c1ccc(-c2nc3c4ccc(-c5nc(-c6ccc7ccccc7c6)nc(-c6ccc7ccccc7c6)n5)c5oc6cccc(c3o2)c6c54)cc1. The summed E-state index contributed by atoms with van der Waals surface area (Å²) in [4.78, 5) is 20.3. The molecule has 0 saturated heterocycles. The van der Waals surface area contributed by atoms with Gasteiger partial charge >= 0.3 is 0 Å². The van der Waals surface area contributed by atoms with E-state index in [1.165, 1.54) is 0 Å². The molecule has 0 amide bonds. The van der Waals surface area contributed by atoms with Crippen molar-refractivity contribution in [1.29, 1.82) is 0 Å². The Morgan fingerprint density at radius 2 is 1.02 bits per heavy atom. The molecule has 0 fully saturated rings. The molecule has 0 radical (unpaired) electrons. The maximum Gasteiger partial charge on any atom is 0.227 e. The Morgan fingerprint density at radius 1 is 0.380 bits per heavy atom. The van der Waals surface area contributed by atoms with Crippen LogP contribution in [0.4, 0.5) is 0 Å². The molecule has 0 aliphatic rings. The molecule has 6 heteroatoms. The summed E-state index contributed by atoms with van der Waals surface area (Å²) < 4.78 is 13.2. The van der Waals surface area contributed by atoms with Crippen molar-refractivity contribution < 1.29 is 8.83 Å². The molecule has 0 aliphatic carbocycles. The van der Waals surface area contributed by atoms with Gasteiger partial charge in [-0.05, 0) is 57.9 Å². The number of furan rings is 1. The van der Waals surface area contributed by atoms with Gasteiger partial charge in [-0.3, -0.25) is 0 Å². The van der Waals surface area contributed by atoms with Crippen LogP contribution in [0.2, 0.25) is 0 Å². The average molecular weight is 641 g/mol. The number of hydrogen-bond acceptors (Lipinski definition) is 6. The molecule has 11 rings (SSSR count). The van der Waals surface area contributed by atoms with Crippen LogP contribution in [-0.2, 0) is 0 Å². The summed E-state index contributed by atoms with van der Waals surface area (Å²) in [5.74, 6) is 2.31. The Morgan fingerprint density at radius 3 is 1.72 bits per heavy atom. The van der Waals surface area contributed by atoms with E-state index in [9.17, 15) is 0 Å². The topological polar surface area (TPSA) is 77.8 Å². The summed E-state index contributed by atoms with van der Waals surface area (Å²) in [6.07, 6.45) is 0. The second-order valence-electron chi connectivity index (χ2n) is 12.6. The van der Waals surface area contributed by atoms with Crippen molar-refractivity contribution in [2.24, 2.45) is 0 Å². The van der Waals surface area contributed by atoms with Crippen LogP contribution in [0, 0.1) is 0 Å². The molecule has 6 nitrogen and oxygen atoms in total. The van der Waals surface area contributed by atoms with Crippen molar-refractivity contribution >= 4 is 65.4 Å². The second-order valence-corrected chi connectivity index (χ2v) is 12.6. The third-order valence-corrected chi connectivity index (χ3v) is 9.69. The predicted octanol–water partition coefficient (Wildman–Crippen LogP) is 11.5. The normalized spacial score (nSPS) is 12.0. The van der Waals surface area contributed by atoms with Gasteiger partial charge in [0, 0.05) is 38.2 Å². The van der Waals surface area contributed by atoms with Crippen molar-refractivity contribution in [3.63, 3.8) is 0 Å². The highest BCUT2D eigenvalue weighted by molar-refractivity contribution is 6.32. The van der Waals surface area contributed by atoms with Crippen molar-refractivity contribution in [3.8, 4) is 45.6 Å². The number of benzene rings is 8. The lowest BCUT2D eigenvalue weighted by Crippen LogP contribution is -2.00. The fourth-order valence-electron chi connectivity index (χ4n) is 7.28. The molecule has 8 aromatic carbocycles. The minimum absolute atomic E-state index is 0.536. The molecule has 0 bridgehead atoms. The van der Waals surface area contributed by atoms with Crippen molar-refractivity contribution in [3.05, 3.63) is 146 Å². The van der Waals surface area contributed by atoms with E-state index in [2.05, 4.69) is 72.8 Å². The highest BCUT2D eigenvalue weighted by Gasteiger charge is 2.25. The number of fused-ring (bicyclic) bond motifs is 5. The largest absolute Gasteiger partial charge is 0.455 e. The number of hydrogen-bond donors (Lipinski definition) is 0. The van der Waals surface area contributed by atoms with E-state index < -0.39 is 0 Å². The summed E-state index contributed by atoms with van der Waals surface area (Å²) in [6, 6.07) is 49.5. The Bertz CT molecular complexity index is 3010. The zero-order valence-electron chi connectivity index (χ0n) is 26.5. The molecule has 3 heterocycles. The van der Waals surface area contributed by atoms with Crippen molar-refractivity contribution in [2.75, 3.05) is 0 Å². The van der Waals surface area contributed by atoms with E-state index in [4.69, 9.17) is 28.8 Å². The summed E-state index contributed by atoms with van der Waals surface area (Å²) in [5.41, 5.74) is 6.56. The van der Waals surface area contributed by atoms with E-state index in [1.807, 2.05) is 72.8 Å². The van der Waals surface area contributed by atoms with Crippen LogP contribution in [0.25, 0.3) is 111 Å². The first-order valence-electron chi connectivity index (χ1n) is 16.6. The minimum atomic E-state index is 0.536. The van der Waals surface area contributed by atoms with Crippen LogP contribution in [-0.4, -0.2) is 19.9 Å². The third kappa shape index (κ3) is 4.02. The zero-order chi connectivity index (χ0) is 32.8. The van der Waals surface area contributed by atoms with Gasteiger partial charge in [-0.2, -0.15) is 0 Å².